The number of nitrogens with two attached hydrogens (primary N) is 1. The predicted molar refractivity (Wildman–Crippen MR) is 62.6 cm³/mol. The van der Waals surface area contributed by atoms with E-state index in [9.17, 15) is 0 Å². The number of hydrogen-bond donors (Lipinski definition) is 3. The standard InChI is InChI=1S/C9H13N7/c1-11-8-13-7(10)14-9(15-8)16(2)6-4-3-5-12-6/h3-5,12H,1-2H3,(H3,10,11,13,14,15). The van der Waals surface area contributed by atoms with Crippen molar-refractivity contribution in [2.24, 2.45) is 0 Å². The highest BCUT2D eigenvalue weighted by atomic mass is 15.3. The molecule has 7 nitrogen and oxygen atoms in total. The van der Waals surface area contributed by atoms with Crippen molar-refractivity contribution in [2.45, 2.75) is 0 Å². The summed E-state index contributed by atoms with van der Waals surface area (Å²) < 4.78 is 0. The highest BCUT2D eigenvalue weighted by molar-refractivity contribution is 5.53. The summed E-state index contributed by atoms with van der Waals surface area (Å²) in [4.78, 5) is 17.0. The third kappa shape index (κ3) is 1.88. The first-order valence-corrected chi connectivity index (χ1v) is 4.77. The number of rotatable bonds is 3. The van der Waals surface area contributed by atoms with Gasteiger partial charge in [-0.05, 0) is 12.1 Å². The molecule has 0 fully saturated rings. The molecule has 0 aliphatic heterocycles. The minimum Gasteiger partial charge on any atom is -0.368 e. The molecule has 0 saturated heterocycles. The van der Waals surface area contributed by atoms with Crippen LogP contribution in [0.4, 0.5) is 23.7 Å². The Morgan fingerprint density at radius 3 is 2.81 bits per heavy atom. The first-order chi connectivity index (χ1) is 7.70. The van der Waals surface area contributed by atoms with Gasteiger partial charge in [0.05, 0.1) is 0 Å². The van der Waals surface area contributed by atoms with Crippen molar-refractivity contribution < 1.29 is 0 Å². The SMILES string of the molecule is CNc1nc(N)nc(N(C)c2ccc[nH]2)n1. The third-order valence-corrected chi connectivity index (χ3v) is 2.11. The molecule has 0 aliphatic rings. The Morgan fingerprint density at radius 2 is 2.19 bits per heavy atom. The van der Waals surface area contributed by atoms with Gasteiger partial charge in [-0.2, -0.15) is 15.0 Å². The number of nitrogen functional groups attached to an aromatic ring is 1. The van der Waals surface area contributed by atoms with Crippen LogP contribution in [0.1, 0.15) is 0 Å². The molecule has 7 heteroatoms. The third-order valence-electron chi connectivity index (χ3n) is 2.11. The Kier molecular flexibility index (Phi) is 2.59. The largest absolute Gasteiger partial charge is 0.368 e. The van der Waals surface area contributed by atoms with Crippen molar-refractivity contribution in [3.05, 3.63) is 18.3 Å². The summed E-state index contributed by atoms with van der Waals surface area (Å²) in [5, 5.41) is 2.83. The number of nitrogens with one attached hydrogen (secondary N) is 2. The molecular weight excluding hydrogens is 206 g/mol. The van der Waals surface area contributed by atoms with Gasteiger partial charge in [-0.3, -0.25) is 4.90 Å². The molecule has 0 aromatic carbocycles. The van der Waals surface area contributed by atoms with E-state index in [2.05, 4.69) is 25.3 Å². The van der Waals surface area contributed by atoms with Crippen LogP contribution >= 0.6 is 0 Å². The van der Waals surface area contributed by atoms with Gasteiger partial charge in [0.1, 0.15) is 5.82 Å². The van der Waals surface area contributed by atoms with Gasteiger partial charge in [0.2, 0.25) is 17.8 Å². The zero-order valence-electron chi connectivity index (χ0n) is 9.10. The molecule has 0 spiro atoms. The summed E-state index contributed by atoms with van der Waals surface area (Å²) in [6.07, 6.45) is 1.83. The van der Waals surface area contributed by atoms with Crippen molar-refractivity contribution in [3.63, 3.8) is 0 Å². The van der Waals surface area contributed by atoms with Crippen LogP contribution in [-0.2, 0) is 0 Å². The number of aromatic amines is 1. The van der Waals surface area contributed by atoms with Gasteiger partial charge in [0.25, 0.3) is 0 Å². The monoisotopic (exact) mass is 219 g/mol. The smallest absolute Gasteiger partial charge is 0.237 e. The van der Waals surface area contributed by atoms with Crippen molar-refractivity contribution >= 4 is 23.7 Å². The molecule has 2 rings (SSSR count). The lowest BCUT2D eigenvalue weighted by Gasteiger charge is -2.15. The number of H-pyrrole nitrogens is 1. The van der Waals surface area contributed by atoms with E-state index in [4.69, 9.17) is 5.73 Å². The van der Waals surface area contributed by atoms with Crippen LogP contribution in [0.25, 0.3) is 0 Å². The molecule has 0 amide bonds. The normalized spacial score (nSPS) is 10.1. The average Bonchev–Trinajstić information content (AvgIpc) is 2.80. The molecule has 4 N–H and O–H groups in total. The maximum absolute atomic E-state index is 5.59. The predicted octanol–water partition coefficient (Wildman–Crippen LogP) is 0.591. The van der Waals surface area contributed by atoms with Crippen LogP contribution in [0.2, 0.25) is 0 Å². The number of aromatic nitrogens is 4. The zero-order chi connectivity index (χ0) is 11.5. The quantitative estimate of drug-likeness (QED) is 0.699. The molecular formula is C9H13N7. The molecule has 2 heterocycles. The fourth-order valence-corrected chi connectivity index (χ4v) is 1.28. The van der Waals surface area contributed by atoms with Crippen LogP contribution in [0.15, 0.2) is 18.3 Å². The van der Waals surface area contributed by atoms with Crippen molar-refractivity contribution in [1.29, 1.82) is 0 Å². The topological polar surface area (TPSA) is 95.7 Å². The van der Waals surface area contributed by atoms with E-state index in [0.717, 1.165) is 5.82 Å². The fraction of sp³-hybridized carbons (Fsp3) is 0.222. The zero-order valence-corrected chi connectivity index (χ0v) is 9.10. The first kappa shape index (κ1) is 10.2. The van der Waals surface area contributed by atoms with E-state index in [-0.39, 0.29) is 5.95 Å². The summed E-state index contributed by atoms with van der Waals surface area (Å²) in [6, 6.07) is 3.81. The summed E-state index contributed by atoms with van der Waals surface area (Å²) in [5.74, 6) is 2.00. The molecule has 0 radical (unpaired) electrons. The summed E-state index contributed by atoms with van der Waals surface area (Å²) in [6.45, 7) is 0. The molecule has 0 saturated carbocycles. The summed E-state index contributed by atoms with van der Waals surface area (Å²) in [7, 11) is 3.58. The minimum atomic E-state index is 0.188. The van der Waals surface area contributed by atoms with E-state index in [0.29, 0.717) is 11.9 Å². The van der Waals surface area contributed by atoms with E-state index in [1.165, 1.54) is 0 Å². The van der Waals surface area contributed by atoms with Crippen molar-refractivity contribution in [1.82, 2.24) is 19.9 Å². The second-order valence-electron chi connectivity index (χ2n) is 3.18. The van der Waals surface area contributed by atoms with Crippen molar-refractivity contribution in [2.75, 3.05) is 30.0 Å². The van der Waals surface area contributed by atoms with Crippen LogP contribution in [0, 0.1) is 0 Å². The van der Waals surface area contributed by atoms with Crippen LogP contribution in [-0.4, -0.2) is 34.0 Å². The Labute approximate surface area is 92.7 Å². The summed E-state index contributed by atoms with van der Waals surface area (Å²) in [5.41, 5.74) is 5.59. The average molecular weight is 219 g/mol. The van der Waals surface area contributed by atoms with E-state index < -0.39 is 0 Å². The highest BCUT2D eigenvalue weighted by Gasteiger charge is 2.10. The Bertz CT molecular complexity index is 465. The molecule has 84 valence electrons. The Balaban J connectivity index is 2.36. The van der Waals surface area contributed by atoms with Gasteiger partial charge >= 0.3 is 0 Å². The lowest BCUT2D eigenvalue weighted by Crippen LogP contribution is -2.16. The second kappa shape index (κ2) is 4.05. The Morgan fingerprint density at radius 1 is 1.38 bits per heavy atom. The van der Waals surface area contributed by atoms with Gasteiger partial charge in [0, 0.05) is 20.3 Å². The van der Waals surface area contributed by atoms with Crippen molar-refractivity contribution in [3.8, 4) is 0 Å². The Hall–Kier alpha value is -2.31. The van der Waals surface area contributed by atoms with Gasteiger partial charge in [-0.25, -0.2) is 0 Å². The highest BCUT2D eigenvalue weighted by Crippen LogP contribution is 2.18. The fourth-order valence-electron chi connectivity index (χ4n) is 1.28. The maximum Gasteiger partial charge on any atom is 0.237 e. The second-order valence-corrected chi connectivity index (χ2v) is 3.18. The minimum absolute atomic E-state index is 0.188. The first-order valence-electron chi connectivity index (χ1n) is 4.77. The van der Waals surface area contributed by atoms with Crippen LogP contribution < -0.4 is 16.0 Å². The van der Waals surface area contributed by atoms with Crippen LogP contribution in [0.5, 0.6) is 0 Å². The number of anilines is 4. The van der Waals surface area contributed by atoms with Gasteiger partial charge in [0.15, 0.2) is 0 Å². The molecule has 0 aliphatic carbocycles. The van der Waals surface area contributed by atoms with Gasteiger partial charge in [-0.15, -0.1) is 0 Å². The number of hydrogen-bond acceptors (Lipinski definition) is 6. The van der Waals surface area contributed by atoms with E-state index >= 15 is 0 Å². The number of nitrogens with zero attached hydrogens (tertiary/aromatic N) is 4. The van der Waals surface area contributed by atoms with E-state index in [1.807, 2.05) is 25.4 Å². The van der Waals surface area contributed by atoms with Gasteiger partial charge < -0.3 is 16.0 Å². The van der Waals surface area contributed by atoms with E-state index in [1.54, 1.807) is 11.9 Å². The molecule has 0 bridgehead atoms. The molecule has 2 aromatic heterocycles. The molecule has 0 atom stereocenters. The lowest BCUT2D eigenvalue weighted by atomic mass is 10.5. The maximum atomic E-state index is 5.59. The van der Waals surface area contributed by atoms with Gasteiger partial charge in [-0.1, -0.05) is 0 Å². The lowest BCUT2D eigenvalue weighted by molar-refractivity contribution is 0.985. The van der Waals surface area contributed by atoms with Crippen LogP contribution in [0.3, 0.4) is 0 Å². The molecule has 16 heavy (non-hydrogen) atoms. The molecule has 0 unspecified atom stereocenters. The summed E-state index contributed by atoms with van der Waals surface area (Å²) >= 11 is 0. The molecule has 2 aromatic rings.